The Labute approximate surface area is 150 Å². The standard InChI is InChI=1S/C21H17NO4/c1-2-22-16-10-18-19(25-12-24-18)11-17(16)26-20(21(22)23)15-9-5-7-13-6-3-4-8-14(13)15/h3-11,20H,2,12H2,1H3. The number of carbonyl (C=O) groups excluding carboxylic acids is 1. The van der Waals surface area contributed by atoms with E-state index in [-0.39, 0.29) is 12.7 Å². The van der Waals surface area contributed by atoms with Crippen LogP contribution in [0.5, 0.6) is 17.2 Å². The molecular formula is C21H17NO4. The van der Waals surface area contributed by atoms with E-state index >= 15 is 0 Å². The normalized spacial score (nSPS) is 18.0. The van der Waals surface area contributed by atoms with Crippen molar-refractivity contribution in [3.63, 3.8) is 0 Å². The number of rotatable bonds is 2. The van der Waals surface area contributed by atoms with Crippen LogP contribution in [0.15, 0.2) is 54.6 Å². The fourth-order valence-electron chi connectivity index (χ4n) is 3.66. The maximum atomic E-state index is 13.2. The smallest absolute Gasteiger partial charge is 0.272 e. The Morgan fingerprint density at radius 3 is 2.62 bits per heavy atom. The van der Waals surface area contributed by atoms with E-state index in [0.29, 0.717) is 23.8 Å². The van der Waals surface area contributed by atoms with E-state index in [1.807, 2.05) is 61.5 Å². The summed E-state index contributed by atoms with van der Waals surface area (Å²) in [6, 6.07) is 17.6. The molecule has 0 saturated heterocycles. The SMILES string of the molecule is CCN1C(=O)C(c2cccc3ccccc23)Oc2cc3c(cc21)OCO3. The van der Waals surface area contributed by atoms with Crippen LogP contribution in [0.4, 0.5) is 5.69 Å². The number of anilines is 1. The molecule has 2 aliphatic heterocycles. The predicted octanol–water partition coefficient (Wildman–Crippen LogP) is 4.06. The highest BCUT2D eigenvalue weighted by atomic mass is 16.7. The number of nitrogens with zero attached hydrogens (tertiary/aromatic N) is 1. The summed E-state index contributed by atoms with van der Waals surface area (Å²) in [7, 11) is 0. The van der Waals surface area contributed by atoms with Gasteiger partial charge in [0.1, 0.15) is 5.75 Å². The van der Waals surface area contributed by atoms with E-state index < -0.39 is 6.10 Å². The minimum atomic E-state index is -0.686. The van der Waals surface area contributed by atoms with Crippen LogP contribution in [-0.4, -0.2) is 19.2 Å². The topological polar surface area (TPSA) is 48.0 Å². The Bertz CT molecular complexity index is 1020. The van der Waals surface area contributed by atoms with Gasteiger partial charge in [0.2, 0.25) is 12.9 Å². The van der Waals surface area contributed by atoms with Crippen molar-refractivity contribution in [1.82, 2.24) is 0 Å². The van der Waals surface area contributed by atoms with Crippen molar-refractivity contribution in [2.75, 3.05) is 18.2 Å². The molecule has 0 aromatic heterocycles. The first-order valence-electron chi connectivity index (χ1n) is 8.65. The molecular weight excluding hydrogens is 330 g/mol. The van der Waals surface area contributed by atoms with Crippen LogP contribution < -0.4 is 19.1 Å². The number of likely N-dealkylation sites (N-methyl/N-ethyl adjacent to an activating group) is 1. The zero-order valence-corrected chi connectivity index (χ0v) is 14.3. The molecule has 5 nitrogen and oxygen atoms in total. The number of hydrogen-bond acceptors (Lipinski definition) is 4. The molecule has 0 N–H and O–H groups in total. The monoisotopic (exact) mass is 347 g/mol. The number of hydrogen-bond donors (Lipinski definition) is 0. The molecule has 26 heavy (non-hydrogen) atoms. The molecule has 0 radical (unpaired) electrons. The van der Waals surface area contributed by atoms with Crippen LogP contribution in [0.2, 0.25) is 0 Å². The third-order valence-electron chi connectivity index (χ3n) is 4.90. The van der Waals surface area contributed by atoms with Gasteiger partial charge < -0.3 is 19.1 Å². The first-order chi connectivity index (χ1) is 12.8. The van der Waals surface area contributed by atoms with Gasteiger partial charge in [-0.05, 0) is 17.7 Å². The van der Waals surface area contributed by atoms with Gasteiger partial charge in [0.05, 0.1) is 5.69 Å². The lowest BCUT2D eigenvalue weighted by molar-refractivity contribution is -0.126. The van der Waals surface area contributed by atoms with Gasteiger partial charge in [-0.1, -0.05) is 42.5 Å². The van der Waals surface area contributed by atoms with Crippen LogP contribution in [-0.2, 0) is 4.79 Å². The van der Waals surface area contributed by atoms with Gasteiger partial charge in [-0.2, -0.15) is 0 Å². The fourth-order valence-corrected chi connectivity index (χ4v) is 3.66. The van der Waals surface area contributed by atoms with Crippen molar-refractivity contribution in [1.29, 1.82) is 0 Å². The van der Waals surface area contributed by atoms with Gasteiger partial charge >= 0.3 is 0 Å². The minimum Gasteiger partial charge on any atom is -0.473 e. The molecule has 3 aromatic rings. The van der Waals surface area contributed by atoms with Crippen molar-refractivity contribution in [2.45, 2.75) is 13.0 Å². The van der Waals surface area contributed by atoms with Crippen LogP contribution >= 0.6 is 0 Å². The maximum Gasteiger partial charge on any atom is 0.272 e. The zero-order valence-electron chi connectivity index (χ0n) is 14.3. The Morgan fingerprint density at radius 1 is 1.00 bits per heavy atom. The molecule has 1 amide bonds. The number of fused-ring (bicyclic) bond motifs is 3. The van der Waals surface area contributed by atoms with Crippen molar-refractivity contribution in [2.24, 2.45) is 0 Å². The van der Waals surface area contributed by atoms with E-state index in [1.165, 1.54) is 0 Å². The molecule has 0 saturated carbocycles. The molecule has 2 heterocycles. The summed E-state index contributed by atoms with van der Waals surface area (Å²) in [5.41, 5.74) is 1.59. The van der Waals surface area contributed by atoms with E-state index in [9.17, 15) is 4.79 Å². The van der Waals surface area contributed by atoms with E-state index in [4.69, 9.17) is 14.2 Å². The minimum absolute atomic E-state index is 0.0739. The van der Waals surface area contributed by atoms with Crippen molar-refractivity contribution < 1.29 is 19.0 Å². The zero-order chi connectivity index (χ0) is 17.7. The number of amides is 1. The Balaban J connectivity index is 1.66. The van der Waals surface area contributed by atoms with Gasteiger partial charge in [0.25, 0.3) is 5.91 Å². The summed E-state index contributed by atoms with van der Waals surface area (Å²) in [5, 5.41) is 2.11. The van der Waals surface area contributed by atoms with Crippen molar-refractivity contribution in [3.05, 3.63) is 60.2 Å². The highest BCUT2D eigenvalue weighted by molar-refractivity contribution is 6.03. The molecule has 5 heteroatoms. The Hall–Kier alpha value is -3.21. The summed E-state index contributed by atoms with van der Waals surface area (Å²) >= 11 is 0. The summed E-state index contributed by atoms with van der Waals surface area (Å²) in [4.78, 5) is 14.9. The molecule has 0 bridgehead atoms. The average Bonchev–Trinajstić information content (AvgIpc) is 3.13. The second-order valence-electron chi connectivity index (χ2n) is 6.32. The summed E-state index contributed by atoms with van der Waals surface area (Å²) in [5.74, 6) is 1.84. The molecule has 1 atom stereocenters. The van der Waals surface area contributed by atoms with Gasteiger partial charge in [-0.25, -0.2) is 0 Å². The molecule has 0 fully saturated rings. The molecule has 1 unspecified atom stereocenters. The number of carbonyl (C=O) groups is 1. The third kappa shape index (κ3) is 2.13. The van der Waals surface area contributed by atoms with Crippen LogP contribution in [0.3, 0.4) is 0 Å². The van der Waals surface area contributed by atoms with E-state index in [0.717, 1.165) is 22.0 Å². The lowest BCUT2D eigenvalue weighted by Crippen LogP contribution is -2.41. The molecule has 0 spiro atoms. The van der Waals surface area contributed by atoms with E-state index in [2.05, 4.69) is 0 Å². The lowest BCUT2D eigenvalue weighted by atomic mass is 9.98. The summed E-state index contributed by atoms with van der Waals surface area (Å²) in [6.45, 7) is 2.69. The molecule has 0 aliphatic carbocycles. The van der Waals surface area contributed by atoms with Crippen LogP contribution in [0, 0.1) is 0 Å². The highest BCUT2D eigenvalue weighted by Gasteiger charge is 2.37. The van der Waals surface area contributed by atoms with E-state index in [1.54, 1.807) is 4.90 Å². The highest BCUT2D eigenvalue weighted by Crippen LogP contribution is 2.47. The quantitative estimate of drug-likeness (QED) is 0.701. The largest absolute Gasteiger partial charge is 0.473 e. The van der Waals surface area contributed by atoms with Gasteiger partial charge in [0, 0.05) is 24.2 Å². The number of ether oxygens (including phenoxy) is 3. The first-order valence-corrected chi connectivity index (χ1v) is 8.65. The molecule has 5 rings (SSSR count). The second-order valence-corrected chi connectivity index (χ2v) is 6.32. The second kappa shape index (κ2) is 5.66. The van der Waals surface area contributed by atoms with Crippen molar-refractivity contribution >= 4 is 22.4 Å². The van der Waals surface area contributed by atoms with Gasteiger partial charge in [-0.15, -0.1) is 0 Å². The predicted molar refractivity (Wildman–Crippen MR) is 97.9 cm³/mol. The van der Waals surface area contributed by atoms with Gasteiger partial charge in [0.15, 0.2) is 11.5 Å². The summed E-state index contributed by atoms with van der Waals surface area (Å²) in [6.07, 6.45) is -0.686. The molecule has 2 aliphatic rings. The third-order valence-corrected chi connectivity index (χ3v) is 4.90. The maximum absolute atomic E-state index is 13.2. The fraction of sp³-hybridized carbons (Fsp3) is 0.190. The number of benzene rings is 3. The lowest BCUT2D eigenvalue weighted by Gasteiger charge is -2.34. The molecule has 130 valence electrons. The van der Waals surface area contributed by atoms with Crippen LogP contribution in [0.25, 0.3) is 10.8 Å². The van der Waals surface area contributed by atoms with Gasteiger partial charge in [-0.3, -0.25) is 4.79 Å². The first kappa shape index (κ1) is 15.1. The van der Waals surface area contributed by atoms with Crippen LogP contribution in [0.1, 0.15) is 18.6 Å². The molecule has 3 aromatic carbocycles. The summed E-state index contributed by atoms with van der Waals surface area (Å²) < 4.78 is 17.1. The Morgan fingerprint density at radius 2 is 1.77 bits per heavy atom. The van der Waals surface area contributed by atoms with Crippen molar-refractivity contribution in [3.8, 4) is 17.2 Å². The average molecular weight is 347 g/mol. The Kier molecular flexibility index (Phi) is 3.28.